The Bertz CT molecular complexity index is 324. The Labute approximate surface area is 109 Å². The van der Waals surface area contributed by atoms with E-state index in [1.54, 1.807) is 0 Å². The van der Waals surface area contributed by atoms with Crippen LogP contribution in [0.5, 0.6) is 0 Å². The standard InChI is InChI=1S/C14H24N2O2/c1-2-18-12-8-11(14(12)6-3-7-14)15-9-13(17)16-10-4-5-10/h10-12,15H,2-9H2,1H3,(H,16,17). The second kappa shape index (κ2) is 4.82. The predicted molar refractivity (Wildman–Crippen MR) is 69.3 cm³/mol. The summed E-state index contributed by atoms with van der Waals surface area (Å²) in [4.78, 5) is 11.7. The van der Waals surface area contributed by atoms with Crippen LogP contribution in [0.2, 0.25) is 0 Å². The molecule has 3 rings (SSSR count). The van der Waals surface area contributed by atoms with E-state index in [1.807, 2.05) is 0 Å². The zero-order chi connectivity index (χ0) is 12.6. The molecule has 1 amide bonds. The fourth-order valence-corrected chi connectivity index (χ4v) is 3.45. The molecule has 2 N–H and O–H groups in total. The summed E-state index contributed by atoms with van der Waals surface area (Å²) in [6.45, 7) is 3.35. The fraction of sp³-hybridized carbons (Fsp3) is 0.929. The van der Waals surface area contributed by atoms with Crippen molar-refractivity contribution in [2.45, 2.75) is 63.6 Å². The van der Waals surface area contributed by atoms with Crippen molar-refractivity contribution >= 4 is 5.91 Å². The van der Waals surface area contributed by atoms with Gasteiger partial charge in [-0.2, -0.15) is 0 Å². The molecule has 0 radical (unpaired) electrons. The Kier molecular flexibility index (Phi) is 3.32. The Balaban J connectivity index is 1.44. The summed E-state index contributed by atoms with van der Waals surface area (Å²) in [5.41, 5.74) is 0.357. The highest BCUT2D eigenvalue weighted by molar-refractivity contribution is 5.78. The minimum atomic E-state index is 0.159. The van der Waals surface area contributed by atoms with Crippen molar-refractivity contribution in [1.29, 1.82) is 0 Å². The quantitative estimate of drug-likeness (QED) is 0.747. The van der Waals surface area contributed by atoms with Gasteiger partial charge in [-0.05, 0) is 39.0 Å². The molecular weight excluding hydrogens is 228 g/mol. The lowest BCUT2D eigenvalue weighted by Crippen LogP contribution is -2.67. The highest BCUT2D eigenvalue weighted by Crippen LogP contribution is 2.57. The van der Waals surface area contributed by atoms with Gasteiger partial charge in [0, 0.05) is 24.1 Å². The summed E-state index contributed by atoms with van der Waals surface area (Å²) in [5, 5.41) is 6.47. The van der Waals surface area contributed by atoms with E-state index in [9.17, 15) is 4.79 Å². The summed E-state index contributed by atoms with van der Waals surface area (Å²) in [5.74, 6) is 0.159. The van der Waals surface area contributed by atoms with Gasteiger partial charge < -0.3 is 15.4 Å². The third-order valence-electron chi connectivity index (χ3n) is 4.89. The Hall–Kier alpha value is -0.610. The molecule has 0 aromatic carbocycles. The van der Waals surface area contributed by atoms with E-state index in [2.05, 4.69) is 17.6 Å². The molecule has 3 fully saturated rings. The Morgan fingerprint density at radius 2 is 2.17 bits per heavy atom. The van der Waals surface area contributed by atoms with Crippen LogP contribution < -0.4 is 10.6 Å². The van der Waals surface area contributed by atoms with Gasteiger partial charge in [-0.25, -0.2) is 0 Å². The first-order chi connectivity index (χ1) is 8.74. The lowest BCUT2D eigenvalue weighted by molar-refractivity contribution is -0.173. The number of amides is 1. The SMILES string of the molecule is CCOC1CC(NCC(=O)NC2CC2)C12CCC2. The van der Waals surface area contributed by atoms with Gasteiger partial charge in [0.05, 0.1) is 12.6 Å². The summed E-state index contributed by atoms with van der Waals surface area (Å²) >= 11 is 0. The molecule has 4 nitrogen and oxygen atoms in total. The molecule has 0 bridgehead atoms. The smallest absolute Gasteiger partial charge is 0.234 e. The van der Waals surface area contributed by atoms with E-state index < -0.39 is 0 Å². The Morgan fingerprint density at radius 3 is 2.72 bits per heavy atom. The maximum Gasteiger partial charge on any atom is 0.234 e. The van der Waals surface area contributed by atoms with Crippen molar-refractivity contribution in [3.63, 3.8) is 0 Å². The molecule has 0 aliphatic heterocycles. The highest BCUT2D eigenvalue weighted by atomic mass is 16.5. The first-order valence-electron chi connectivity index (χ1n) is 7.39. The molecule has 1 spiro atoms. The van der Waals surface area contributed by atoms with Crippen LogP contribution in [0.1, 0.15) is 45.4 Å². The molecule has 0 aromatic rings. The summed E-state index contributed by atoms with van der Waals surface area (Å²) in [6, 6.07) is 0.960. The van der Waals surface area contributed by atoms with Crippen molar-refractivity contribution < 1.29 is 9.53 Å². The van der Waals surface area contributed by atoms with Crippen molar-refractivity contribution in [1.82, 2.24) is 10.6 Å². The number of ether oxygens (including phenoxy) is 1. The van der Waals surface area contributed by atoms with Crippen LogP contribution in [0.3, 0.4) is 0 Å². The van der Waals surface area contributed by atoms with Gasteiger partial charge in [-0.3, -0.25) is 4.79 Å². The molecule has 0 saturated heterocycles. The van der Waals surface area contributed by atoms with Gasteiger partial charge in [0.15, 0.2) is 0 Å². The zero-order valence-electron chi connectivity index (χ0n) is 11.2. The molecule has 2 unspecified atom stereocenters. The third-order valence-corrected chi connectivity index (χ3v) is 4.89. The largest absolute Gasteiger partial charge is 0.378 e. The lowest BCUT2D eigenvalue weighted by Gasteiger charge is -2.61. The molecule has 3 saturated carbocycles. The number of carbonyl (C=O) groups is 1. The fourth-order valence-electron chi connectivity index (χ4n) is 3.45. The lowest BCUT2D eigenvalue weighted by atomic mass is 9.51. The van der Waals surface area contributed by atoms with Crippen molar-refractivity contribution in [2.75, 3.05) is 13.2 Å². The minimum Gasteiger partial charge on any atom is -0.378 e. The summed E-state index contributed by atoms with van der Waals surface area (Å²) in [6.07, 6.45) is 7.66. The van der Waals surface area contributed by atoms with Gasteiger partial charge >= 0.3 is 0 Å². The Morgan fingerprint density at radius 1 is 1.39 bits per heavy atom. The maximum absolute atomic E-state index is 11.7. The minimum absolute atomic E-state index is 0.159. The average molecular weight is 252 g/mol. The van der Waals surface area contributed by atoms with Crippen LogP contribution in [0.4, 0.5) is 0 Å². The number of hydrogen-bond donors (Lipinski definition) is 2. The highest BCUT2D eigenvalue weighted by Gasteiger charge is 2.58. The normalized spacial score (nSPS) is 32.7. The van der Waals surface area contributed by atoms with Crippen LogP contribution >= 0.6 is 0 Å². The summed E-state index contributed by atoms with van der Waals surface area (Å²) < 4.78 is 5.81. The molecular formula is C14H24N2O2. The van der Waals surface area contributed by atoms with Crippen LogP contribution in [-0.4, -0.2) is 37.2 Å². The van der Waals surface area contributed by atoms with Crippen molar-refractivity contribution in [3.8, 4) is 0 Å². The van der Waals surface area contributed by atoms with Crippen LogP contribution in [0, 0.1) is 5.41 Å². The first kappa shape index (κ1) is 12.4. The number of rotatable bonds is 6. The average Bonchev–Trinajstić information content (AvgIpc) is 3.03. The maximum atomic E-state index is 11.7. The van der Waals surface area contributed by atoms with E-state index in [4.69, 9.17) is 4.74 Å². The number of hydrogen-bond acceptors (Lipinski definition) is 3. The van der Waals surface area contributed by atoms with Gasteiger partial charge in [0.25, 0.3) is 0 Å². The van der Waals surface area contributed by atoms with Crippen LogP contribution in [-0.2, 0) is 9.53 Å². The van der Waals surface area contributed by atoms with E-state index in [-0.39, 0.29) is 5.91 Å². The van der Waals surface area contributed by atoms with E-state index in [1.165, 1.54) is 19.3 Å². The van der Waals surface area contributed by atoms with Gasteiger partial charge in [0.1, 0.15) is 0 Å². The molecule has 4 heteroatoms. The van der Waals surface area contributed by atoms with Crippen LogP contribution in [0.25, 0.3) is 0 Å². The van der Waals surface area contributed by atoms with Crippen LogP contribution in [0.15, 0.2) is 0 Å². The second-order valence-electron chi connectivity index (χ2n) is 6.04. The molecule has 0 heterocycles. The predicted octanol–water partition coefficient (Wildman–Crippen LogP) is 1.20. The molecule has 102 valence electrons. The molecule has 18 heavy (non-hydrogen) atoms. The molecule has 0 aromatic heterocycles. The number of carbonyl (C=O) groups excluding carboxylic acids is 1. The summed E-state index contributed by atoms with van der Waals surface area (Å²) in [7, 11) is 0. The second-order valence-corrected chi connectivity index (χ2v) is 6.04. The first-order valence-corrected chi connectivity index (χ1v) is 7.39. The van der Waals surface area contributed by atoms with E-state index >= 15 is 0 Å². The van der Waals surface area contributed by atoms with E-state index in [0.717, 1.165) is 25.9 Å². The van der Waals surface area contributed by atoms with Gasteiger partial charge in [-0.1, -0.05) is 6.42 Å². The molecule has 3 aliphatic carbocycles. The molecule has 3 aliphatic rings. The molecule has 2 atom stereocenters. The monoisotopic (exact) mass is 252 g/mol. The topological polar surface area (TPSA) is 50.4 Å². The van der Waals surface area contributed by atoms with Gasteiger partial charge in [0.2, 0.25) is 5.91 Å². The third kappa shape index (κ3) is 2.16. The van der Waals surface area contributed by atoms with E-state index in [0.29, 0.717) is 30.1 Å². The van der Waals surface area contributed by atoms with Crippen molar-refractivity contribution in [2.24, 2.45) is 5.41 Å². The van der Waals surface area contributed by atoms with Crippen molar-refractivity contribution in [3.05, 3.63) is 0 Å². The zero-order valence-corrected chi connectivity index (χ0v) is 11.2. The number of nitrogens with one attached hydrogen (secondary N) is 2. The van der Waals surface area contributed by atoms with Gasteiger partial charge in [-0.15, -0.1) is 0 Å².